The van der Waals surface area contributed by atoms with Gasteiger partial charge in [0, 0.05) is 6.54 Å². The SMILES string of the molecule is O=C1OC2(CCCCC2)CN1Cc1ccc(-c2cccc(CO)c2)cc1. The molecule has 1 heterocycles. The lowest BCUT2D eigenvalue weighted by molar-refractivity contribution is 0.0260. The van der Waals surface area contributed by atoms with E-state index in [0.717, 1.165) is 47.9 Å². The van der Waals surface area contributed by atoms with Crippen LogP contribution in [0.5, 0.6) is 0 Å². The molecule has 136 valence electrons. The summed E-state index contributed by atoms with van der Waals surface area (Å²) in [4.78, 5) is 14.1. The lowest BCUT2D eigenvalue weighted by Gasteiger charge is -2.30. The number of aliphatic hydroxyl groups is 1. The molecule has 0 bridgehead atoms. The third-order valence-electron chi connectivity index (χ3n) is 5.58. The van der Waals surface area contributed by atoms with Crippen LogP contribution in [-0.2, 0) is 17.9 Å². The van der Waals surface area contributed by atoms with Crippen molar-refractivity contribution in [2.75, 3.05) is 6.54 Å². The highest BCUT2D eigenvalue weighted by Gasteiger charge is 2.45. The highest BCUT2D eigenvalue weighted by molar-refractivity contribution is 5.71. The van der Waals surface area contributed by atoms with Gasteiger partial charge in [0.25, 0.3) is 0 Å². The molecular formula is C22H25NO3. The second-order valence-electron chi connectivity index (χ2n) is 7.52. The summed E-state index contributed by atoms with van der Waals surface area (Å²) in [6.45, 7) is 1.36. The smallest absolute Gasteiger partial charge is 0.410 e. The summed E-state index contributed by atoms with van der Waals surface area (Å²) in [6, 6.07) is 16.2. The Labute approximate surface area is 154 Å². The molecule has 1 aliphatic heterocycles. The van der Waals surface area contributed by atoms with Gasteiger partial charge in [-0.2, -0.15) is 0 Å². The molecule has 4 heteroatoms. The van der Waals surface area contributed by atoms with Crippen molar-refractivity contribution in [3.05, 3.63) is 59.7 Å². The highest BCUT2D eigenvalue weighted by atomic mass is 16.6. The minimum Gasteiger partial charge on any atom is -0.441 e. The van der Waals surface area contributed by atoms with Gasteiger partial charge < -0.3 is 9.84 Å². The van der Waals surface area contributed by atoms with Crippen LogP contribution in [0.3, 0.4) is 0 Å². The van der Waals surface area contributed by atoms with E-state index in [4.69, 9.17) is 4.74 Å². The van der Waals surface area contributed by atoms with E-state index in [0.29, 0.717) is 13.1 Å². The Morgan fingerprint density at radius 3 is 2.46 bits per heavy atom. The molecule has 1 N–H and O–H groups in total. The first-order chi connectivity index (χ1) is 12.7. The first-order valence-electron chi connectivity index (χ1n) is 9.45. The fourth-order valence-corrected chi connectivity index (χ4v) is 4.14. The number of rotatable bonds is 4. The van der Waals surface area contributed by atoms with Gasteiger partial charge >= 0.3 is 6.09 Å². The number of nitrogens with zero attached hydrogens (tertiary/aromatic N) is 1. The van der Waals surface area contributed by atoms with Crippen molar-refractivity contribution in [3.8, 4) is 11.1 Å². The van der Waals surface area contributed by atoms with Gasteiger partial charge in [-0.25, -0.2) is 4.79 Å². The van der Waals surface area contributed by atoms with E-state index in [2.05, 4.69) is 24.3 Å². The van der Waals surface area contributed by atoms with Crippen LogP contribution in [0.25, 0.3) is 11.1 Å². The van der Waals surface area contributed by atoms with Crippen molar-refractivity contribution in [3.63, 3.8) is 0 Å². The van der Waals surface area contributed by atoms with Gasteiger partial charge in [-0.15, -0.1) is 0 Å². The lowest BCUT2D eigenvalue weighted by atomic mass is 9.85. The Kier molecular flexibility index (Phi) is 4.68. The maximum Gasteiger partial charge on any atom is 0.410 e. The third-order valence-corrected chi connectivity index (χ3v) is 5.58. The molecular weight excluding hydrogens is 326 g/mol. The van der Waals surface area contributed by atoms with Gasteiger partial charge in [-0.05, 0) is 54.0 Å². The van der Waals surface area contributed by atoms with Crippen molar-refractivity contribution in [1.82, 2.24) is 4.90 Å². The second-order valence-corrected chi connectivity index (χ2v) is 7.52. The minimum atomic E-state index is -0.236. The van der Waals surface area contributed by atoms with E-state index in [-0.39, 0.29) is 18.3 Å². The zero-order chi connectivity index (χ0) is 18.0. The molecule has 0 unspecified atom stereocenters. The molecule has 0 radical (unpaired) electrons. The molecule has 0 aromatic heterocycles. The number of aliphatic hydroxyl groups excluding tert-OH is 1. The molecule has 2 aromatic rings. The van der Waals surface area contributed by atoms with E-state index in [1.165, 1.54) is 6.42 Å². The average Bonchev–Trinajstić information content (AvgIpc) is 2.97. The Hall–Kier alpha value is -2.33. The zero-order valence-corrected chi connectivity index (χ0v) is 15.0. The molecule has 4 nitrogen and oxygen atoms in total. The van der Waals surface area contributed by atoms with Crippen LogP contribution in [-0.4, -0.2) is 28.2 Å². The Morgan fingerprint density at radius 1 is 0.962 bits per heavy atom. The molecule has 0 atom stereocenters. The van der Waals surface area contributed by atoms with Crippen molar-refractivity contribution in [2.45, 2.75) is 50.9 Å². The summed E-state index contributed by atoms with van der Waals surface area (Å²) >= 11 is 0. The zero-order valence-electron chi connectivity index (χ0n) is 15.0. The quantitative estimate of drug-likeness (QED) is 0.882. The van der Waals surface area contributed by atoms with Crippen molar-refractivity contribution < 1.29 is 14.6 Å². The van der Waals surface area contributed by atoms with E-state index in [1.807, 2.05) is 29.2 Å². The fourth-order valence-electron chi connectivity index (χ4n) is 4.14. The van der Waals surface area contributed by atoms with Crippen molar-refractivity contribution in [1.29, 1.82) is 0 Å². The van der Waals surface area contributed by atoms with Gasteiger partial charge in [-0.1, -0.05) is 48.9 Å². The summed E-state index contributed by atoms with van der Waals surface area (Å²) in [5, 5.41) is 9.29. The first kappa shape index (κ1) is 17.1. The molecule has 4 rings (SSSR count). The van der Waals surface area contributed by atoms with Crippen LogP contribution >= 0.6 is 0 Å². The van der Waals surface area contributed by atoms with E-state index < -0.39 is 0 Å². The maximum atomic E-state index is 12.3. The van der Waals surface area contributed by atoms with Gasteiger partial charge in [0.15, 0.2) is 0 Å². The van der Waals surface area contributed by atoms with Gasteiger partial charge in [-0.3, -0.25) is 4.90 Å². The monoisotopic (exact) mass is 351 g/mol. The molecule has 1 saturated heterocycles. The van der Waals surface area contributed by atoms with Crippen LogP contribution in [0.15, 0.2) is 48.5 Å². The lowest BCUT2D eigenvalue weighted by Crippen LogP contribution is -2.36. The van der Waals surface area contributed by atoms with Crippen molar-refractivity contribution >= 4 is 6.09 Å². The number of hydrogen-bond donors (Lipinski definition) is 1. The molecule has 1 saturated carbocycles. The summed E-state index contributed by atoms with van der Waals surface area (Å²) in [6.07, 6.45) is 5.38. The van der Waals surface area contributed by atoms with Crippen LogP contribution in [0, 0.1) is 0 Å². The molecule has 2 fully saturated rings. The van der Waals surface area contributed by atoms with Crippen LogP contribution in [0.4, 0.5) is 4.79 Å². The standard InChI is InChI=1S/C22H25NO3/c24-15-18-5-4-6-20(13-18)19-9-7-17(8-10-19)14-23-16-22(26-21(23)25)11-2-1-3-12-22/h4-10,13,24H,1-3,11-12,14-16H2. The minimum absolute atomic E-state index is 0.0464. The molecule has 1 spiro atoms. The van der Waals surface area contributed by atoms with Crippen LogP contribution in [0.1, 0.15) is 43.2 Å². The van der Waals surface area contributed by atoms with Crippen LogP contribution < -0.4 is 0 Å². The van der Waals surface area contributed by atoms with Crippen molar-refractivity contribution in [2.24, 2.45) is 0 Å². The summed E-state index contributed by atoms with van der Waals surface area (Å²) < 4.78 is 5.76. The average molecular weight is 351 g/mol. The molecule has 2 aromatic carbocycles. The Morgan fingerprint density at radius 2 is 1.73 bits per heavy atom. The van der Waals surface area contributed by atoms with Gasteiger partial charge in [0.2, 0.25) is 0 Å². The number of amides is 1. The number of carbonyl (C=O) groups is 1. The molecule has 26 heavy (non-hydrogen) atoms. The summed E-state index contributed by atoms with van der Waals surface area (Å²) in [7, 11) is 0. The predicted octanol–water partition coefficient (Wildman–Crippen LogP) is 4.50. The predicted molar refractivity (Wildman–Crippen MR) is 101 cm³/mol. The van der Waals surface area contributed by atoms with Gasteiger partial charge in [0.05, 0.1) is 13.2 Å². The Bertz CT molecular complexity index is 778. The number of ether oxygens (including phenoxy) is 1. The first-order valence-corrected chi connectivity index (χ1v) is 9.45. The van der Waals surface area contributed by atoms with Gasteiger partial charge in [0.1, 0.15) is 5.60 Å². The maximum absolute atomic E-state index is 12.3. The van der Waals surface area contributed by atoms with E-state index in [1.54, 1.807) is 0 Å². The highest BCUT2D eigenvalue weighted by Crippen LogP contribution is 2.37. The fraction of sp³-hybridized carbons (Fsp3) is 0.409. The largest absolute Gasteiger partial charge is 0.441 e. The molecule has 2 aliphatic rings. The summed E-state index contributed by atoms with van der Waals surface area (Å²) in [5.74, 6) is 0. The Balaban J connectivity index is 1.45. The topological polar surface area (TPSA) is 49.8 Å². The number of benzene rings is 2. The van der Waals surface area contributed by atoms with E-state index in [9.17, 15) is 9.90 Å². The third kappa shape index (κ3) is 3.47. The molecule has 1 aliphatic carbocycles. The van der Waals surface area contributed by atoms with Crippen LogP contribution in [0.2, 0.25) is 0 Å². The molecule has 1 amide bonds. The van der Waals surface area contributed by atoms with E-state index >= 15 is 0 Å². The number of carbonyl (C=O) groups excluding carboxylic acids is 1. The second kappa shape index (κ2) is 7.12. The summed E-state index contributed by atoms with van der Waals surface area (Å²) in [5.41, 5.74) is 3.97. The number of hydrogen-bond acceptors (Lipinski definition) is 3. The normalized spacial score (nSPS) is 19.0.